The molecule has 1 aliphatic heterocycles. The summed E-state index contributed by atoms with van der Waals surface area (Å²) in [5.74, 6) is -0.328. The number of aryl methyl sites for hydroxylation is 1. The second-order valence-corrected chi connectivity index (χ2v) is 9.85. The smallest absolute Gasteiger partial charge is 0.408 e. The number of carbonyl (C=O) groups is 2. The fourth-order valence-corrected chi connectivity index (χ4v) is 4.31. The van der Waals surface area contributed by atoms with Gasteiger partial charge in [-0.2, -0.15) is 4.31 Å². The van der Waals surface area contributed by atoms with Gasteiger partial charge in [-0.3, -0.25) is 4.79 Å². The minimum Gasteiger partial charge on any atom is -0.444 e. The Labute approximate surface area is 166 Å². The number of amides is 2. The van der Waals surface area contributed by atoms with Crippen LogP contribution >= 0.6 is 0 Å². The molecule has 0 aliphatic carbocycles. The number of sulfonamides is 1. The molecule has 8 nitrogen and oxygen atoms in total. The molecular formula is C19H29N3O5S. The molecule has 0 bridgehead atoms. The summed E-state index contributed by atoms with van der Waals surface area (Å²) in [5, 5.41) is 5.23. The number of alkyl carbamates (subject to hydrolysis) is 1. The molecule has 2 amide bonds. The van der Waals surface area contributed by atoms with E-state index in [0.717, 1.165) is 5.56 Å². The Morgan fingerprint density at radius 1 is 1.14 bits per heavy atom. The van der Waals surface area contributed by atoms with Crippen LogP contribution in [-0.2, 0) is 19.6 Å². The first-order chi connectivity index (χ1) is 13.0. The number of carbonyl (C=O) groups excluding carboxylic acids is 2. The van der Waals surface area contributed by atoms with Crippen molar-refractivity contribution in [2.24, 2.45) is 0 Å². The number of nitrogens with zero attached hydrogens (tertiary/aromatic N) is 1. The van der Waals surface area contributed by atoms with Crippen LogP contribution in [0.15, 0.2) is 29.2 Å². The van der Waals surface area contributed by atoms with Gasteiger partial charge >= 0.3 is 6.09 Å². The standard InChI is InChI=1S/C19H29N3O5S/c1-14-5-7-16(8-6-14)28(25,26)22-11-9-15(10-12-22)21-17(23)13-20-18(24)27-19(2,3)4/h5-8,15H,9-13H2,1-4H3,(H,20,24)(H,21,23). The van der Waals surface area contributed by atoms with Crippen LogP contribution in [0.1, 0.15) is 39.2 Å². The molecule has 2 N–H and O–H groups in total. The summed E-state index contributed by atoms with van der Waals surface area (Å²) in [4.78, 5) is 23.9. The molecule has 0 radical (unpaired) electrons. The molecular weight excluding hydrogens is 382 g/mol. The lowest BCUT2D eigenvalue weighted by molar-refractivity contribution is -0.121. The summed E-state index contributed by atoms with van der Waals surface area (Å²) < 4.78 is 31.9. The van der Waals surface area contributed by atoms with Crippen molar-refractivity contribution >= 4 is 22.0 Å². The number of rotatable bonds is 5. The van der Waals surface area contributed by atoms with Crippen LogP contribution in [0.2, 0.25) is 0 Å². The second kappa shape index (κ2) is 8.91. The van der Waals surface area contributed by atoms with Gasteiger partial charge in [-0.25, -0.2) is 13.2 Å². The predicted octanol–water partition coefficient (Wildman–Crippen LogP) is 1.79. The first-order valence-electron chi connectivity index (χ1n) is 9.30. The lowest BCUT2D eigenvalue weighted by atomic mass is 10.1. The van der Waals surface area contributed by atoms with E-state index < -0.39 is 21.7 Å². The molecule has 0 atom stereocenters. The van der Waals surface area contributed by atoms with Gasteiger partial charge < -0.3 is 15.4 Å². The Balaban J connectivity index is 1.79. The van der Waals surface area contributed by atoms with Crippen molar-refractivity contribution in [2.45, 2.75) is 57.1 Å². The third kappa shape index (κ3) is 6.49. The monoisotopic (exact) mass is 411 g/mol. The van der Waals surface area contributed by atoms with E-state index in [2.05, 4.69) is 10.6 Å². The summed E-state index contributed by atoms with van der Waals surface area (Å²) in [6, 6.07) is 6.65. The molecule has 1 aliphatic rings. The van der Waals surface area contributed by atoms with E-state index in [1.165, 1.54) is 4.31 Å². The summed E-state index contributed by atoms with van der Waals surface area (Å²) in [5.41, 5.74) is 0.372. The number of benzene rings is 1. The first kappa shape index (κ1) is 22.2. The van der Waals surface area contributed by atoms with Crippen LogP contribution in [0.4, 0.5) is 4.79 Å². The van der Waals surface area contributed by atoms with Gasteiger partial charge in [-0.05, 0) is 52.7 Å². The van der Waals surface area contributed by atoms with Crippen molar-refractivity contribution in [3.8, 4) is 0 Å². The van der Waals surface area contributed by atoms with Gasteiger partial charge in [0, 0.05) is 19.1 Å². The quantitative estimate of drug-likeness (QED) is 0.769. The van der Waals surface area contributed by atoms with E-state index in [1.807, 2.05) is 6.92 Å². The van der Waals surface area contributed by atoms with Crippen molar-refractivity contribution in [3.05, 3.63) is 29.8 Å². The maximum atomic E-state index is 12.7. The lowest BCUT2D eigenvalue weighted by Crippen LogP contribution is -2.48. The van der Waals surface area contributed by atoms with Crippen molar-refractivity contribution in [1.29, 1.82) is 0 Å². The third-order valence-corrected chi connectivity index (χ3v) is 6.18. The van der Waals surface area contributed by atoms with Gasteiger partial charge in [0.2, 0.25) is 15.9 Å². The summed E-state index contributed by atoms with van der Waals surface area (Å²) in [6.45, 7) is 7.61. The second-order valence-electron chi connectivity index (χ2n) is 7.91. The maximum Gasteiger partial charge on any atom is 0.408 e. The van der Waals surface area contributed by atoms with Gasteiger partial charge in [0.15, 0.2) is 0 Å². The molecule has 0 saturated carbocycles. The number of piperidine rings is 1. The Morgan fingerprint density at radius 3 is 2.25 bits per heavy atom. The molecule has 1 fully saturated rings. The number of hydrogen-bond donors (Lipinski definition) is 2. The molecule has 1 aromatic carbocycles. The molecule has 1 aromatic rings. The molecule has 0 spiro atoms. The van der Waals surface area contributed by atoms with Gasteiger partial charge in [0.05, 0.1) is 4.90 Å². The van der Waals surface area contributed by atoms with Crippen LogP contribution in [0, 0.1) is 6.92 Å². The Kier molecular flexibility index (Phi) is 7.06. The fourth-order valence-electron chi connectivity index (χ4n) is 2.85. The van der Waals surface area contributed by atoms with Gasteiger partial charge in [-0.15, -0.1) is 0 Å². The van der Waals surface area contributed by atoms with E-state index in [1.54, 1.807) is 45.0 Å². The zero-order chi connectivity index (χ0) is 20.9. The summed E-state index contributed by atoms with van der Waals surface area (Å²) >= 11 is 0. The number of nitrogens with one attached hydrogen (secondary N) is 2. The molecule has 9 heteroatoms. The topological polar surface area (TPSA) is 105 Å². The average molecular weight is 412 g/mol. The van der Waals surface area contributed by atoms with Crippen LogP contribution in [0.25, 0.3) is 0 Å². The van der Waals surface area contributed by atoms with Crippen molar-refractivity contribution < 1.29 is 22.7 Å². The largest absolute Gasteiger partial charge is 0.444 e. The van der Waals surface area contributed by atoms with Crippen molar-refractivity contribution in [2.75, 3.05) is 19.6 Å². The Morgan fingerprint density at radius 2 is 1.71 bits per heavy atom. The fraction of sp³-hybridized carbons (Fsp3) is 0.579. The molecule has 0 aromatic heterocycles. The van der Waals surface area contributed by atoms with E-state index in [4.69, 9.17) is 4.74 Å². The minimum atomic E-state index is -3.52. The van der Waals surface area contributed by atoms with E-state index in [0.29, 0.717) is 25.9 Å². The lowest BCUT2D eigenvalue weighted by Gasteiger charge is -2.31. The molecule has 1 saturated heterocycles. The third-order valence-electron chi connectivity index (χ3n) is 4.27. The van der Waals surface area contributed by atoms with Crippen molar-refractivity contribution in [1.82, 2.24) is 14.9 Å². The van der Waals surface area contributed by atoms with E-state index in [9.17, 15) is 18.0 Å². The van der Waals surface area contributed by atoms with Crippen LogP contribution in [0.3, 0.4) is 0 Å². The van der Waals surface area contributed by atoms with Gasteiger partial charge in [-0.1, -0.05) is 17.7 Å². The van der Waals surface area contributed by atoms with Gasteiger partial charge in [0.1, 0.15) is 12.1 Å². The first-order valence-corrected chi connectivity index (χ1v) is 10.7. The molecule has 1 heterocycles. The Hall–Kier alpha value is -2.13. The predicted molar refractivity (Wildman–Crippen MR) is 105 cm³/mol. The molecule has 0 unspecified atom stereocenters. The van der Waals surface area contributed by atoms with Crippen LogP contribution in [0.5, 0.6) is 0 Å². The highest BCUT2D eigenvalue weighted by atomic mass is 32.2. The maximum absolute atomic E-state index is 12.7. The zero-order valence-electron chi connectivity index (χ0n) is 16.8. The Bertz CT molecular complexity index is 792. The minimum absolute atomic E-state index is 0.127. The highest BCUT2D eigenvalue weighted by molar-refractivity contribution is 7.89. The highest BCUT2D eigenvalue weighted by Gasteiger charge is 2.30. The van der Waals surface area contributed by atoms with E-state index in [-0.39, 0.29) is 23.4 Å². The average Bonchev–Trinajstić information content (AvgIpc) is 2.59. The number of hydrogen-bond acceptors (Lipinski definition) is 5. The zero-order valence-corrected chi connectivity index (χ0v) is 17.6. The normalized spacial score (nSPS) is 16.4. The summed E-state index contributed by atoms with van der Waals surface area (Å²) in [6.07, 6.45) is 0.383. The van der Waals surface area contributed by atoms with Crippen LogP contribution < -0.4 is 10.6 Å². The van der Waals surface area contributed by atoms with Crippen LogP contribution in [-0.4, -0.2) is 56.0 Å². The highest BCUT2D eigenvalue weighted by Crippen LogP contribution is 2.21. The molecule has 156 valence electrons. The SMILES string of the molecule is Cc1ccc(S(=O)(=O)N2CCC(NC(=O)CNC(=O)OC(C)(C)C)CC2)cc1. The number of ether oxygens (including phenoxy) is 1. The summed E-state index contributed by atoms with van der Waals surface area (Å²) in [7, 11) is -3.52. The van der Waals surface area contributed by atoms with Crippen molar-refractivity contribution in [3.63, 3.8) is 0 Å². The molecule has 2 rings (SSSR count). The molecule has 28 heavy (non-hydrogen) atoms. The van der Waals surface area contributed by atoms with E-state index >= 15 is 0 Å². The van der Waals surface area contributed by atoms with Gasteiger partial charge in [0.25, 0.3) is 0 Å².